The Hall–Kier alpha value is -2.17. The van der Waals surface area contributed by atoms with Crippen LogP contribution in [0.2, 0.25) is 5.02 Å². The molecule has 1 heterocycles. The number of hydrogen-bond donors (Lipinski definition) is 1. The molecule has 1 aliphatic carbocycles. The van der Waals surface area contributed by atoms with Crippen LogP contribution in [0.3, 0.4) is 0 Å². The van der Waals surface area contributed by atoms with Crippen molar-refractivity contribution in [1.82, 2.24) is 4.98 Å². The quantitative estimate of drug-likeness (QED) is 0.748. The van der Waals surface area contributed by atoms with E-state index in [1.165, 1.54) is 22.5 Å². The molecule has 3 aromatic rings. The number of thiazole rings is 1. The molecule has 0 bridgehead atoms. The van der Waals surface area contributed by atoms with Crippen LogP contribution in [0, 0.1) is 0 Å². The summed E-state index contributed by atoms with van der Waals surface area (Å²) in [6, 6.07) is 16.2. The zero-order valence-corrected chi connectivity index (χ0v) is 14.3. The summed E-state index contributed by atoms with van der Waals surface area (Å²) in [6.45, 7) is 0. The molecule has 0 radical (unpaired) electrons. The van der Waals surface area contributed by atoms with Crippen molar-refractivity contribution in [2.24, 2.45) is 0 Å². The van der Waals surface area contributed by atoms with Gasteiger partial charge in [0.25, 0.3) is 0 Å². The van der Waals surface area contributed by atoms with Crippen molar-refractivity contribution in [1.29, 1.82) is 0 Å². The Bertz CT molecular complexity index is 909. The number of carboxylic acid groups (broad SMARTS) is 1. The Balaban J connectivity index is 1.89. The van der Waals surface area contributed by atoms with Gasteiger partial charge in [-0.05, 0) is 41.7 Å². The van der Waals surface area contributed by atoms with Crippen LogP contribution in [0.15, 0.2) is 53.9 Å². The molecule has 1 aliphatic rings. The minimum atomic E-state index is -0.991. The van der Waals surface area contributed by atoms with Crippen LogP contribution in [0.1, 0.15) is 32.2 Å². The number of aromatic nitrogens is 1. The second-order valence-electron chi connectivity index (χ2n) is 6.06. The maximum Gasteiger partial charge on any atom is 0.355 e. The van der Waals surface area contributed by atoms with Crippen molar-refractivity contribution >= 4 is 28.9 Å². The van der Waals surface area contributed by atoms with Gasteiger partial charge in [-0.25, -0.2) is 9.78 Å². The molecule has 4 rings (SSSR count). The number of carbonyl (C=O) groups is 1. The van der Waals surface area contributed by atoms with Gasteiger partial charge in [0.15, 0.2) is 5.69 Å². The van der Waals surface area contributed by atoms with Crippen molar-refractivity contribution in [2.75, 3.05) is 0 Å². The summed E-state index contributed by atoms with van der Waals surface area (Å²) in [5.41, 5.74) is 3.39. The summed E-state index contributed by atoms with van der Waals surface area (Å²) in [4.78, 5) is 15.7. The van der Waals surface area contributed by atoms with Gasteiger partial charge in [-0.1, -0.05) is 48.0 Å². The maximum atomic E-state index is 11.3. The van der Waals surface area contributed by atoms with E-state index in [4.69, 9.17) is 11.6 Å². The summed E-state index contributed by atoms with van der Waals surface area (Å²) in [5.74, 6) is -0.991. The number of nitrogens with zero attached hydrogens (tertiary/aromatic N) is 1. The second kappa shape index (κ2) is 5.72. The molecule has 0 unspecified atom stereocenters. The maximum absolute atomic E-state index is 11.3. The number of carboxylic acids is 1. The van der Waals surface area contributed by atoms with E-state index in [1.54, 1.807) is 5.38 Å². The third kappa shape index (κ3) is 2.43. The molecule has 0 aliphatic heterocycles. The molecule has 3 nitrogen and oxygen atoms in total. The van der Waals surface area contributed by atoms with Crippen molar-refractivity contribution in [3.05, 3.63) is 86.3 Å². The van der Waals surface area contributed by atoms with E-state index in [-0.39, 0.29) is 11.1 Å². The van der Waals surface area contributed by atoms with Crippen molar-refractivity contribution in [2.45, 2.75) is 18.3 Å². The molecule has 24 heavy (non-hydrogen) atoms. The van der Waals surface area contributed by atoms with Gasteiger partial charge in [-0.3, -0.25) is 0 Å². The minimum Gasteiger partial charge on any atom is -0.476 e. The molecular formula is C19H14ClNO2S. The van der Waals surface area contributed by atoms with Crippen LogP contribution in [0.5, 0.6) is 0 Å². The number of rotatable bonds is 3. The lowest BCUT2D eigenvalue weighted by Gasteiger charge is -2.27. The smallest absolute Gasteiger partial charge is 0.355 e. The Morgan fingerprint density at radius 2 is 1.83 bits per heavy atom. The molecule has 2 aromatic carbocycles. The zero-order valence-electron chi connectivity index (χ0n) is 12.7. The van der Waals surface area contributed by atoms with Crippen LogP contribution in [0.25, 0.3) is 0 Å². The average molecular weight is 356 g/mol. The lowest BCUT2D eigenvalue weighted by Crippen LogP contribution is -2.28. The van der Waals surface area contributed by atoms with Crippen LogP contribution < -0.4 is 0 Å². The van der Waals surface area contributed by atoms with Gasteiger partial charge in [-0.15, -0.1) is 11.3 Å². The first-order valence-corrected chi connectivity index (χ1v) is 8.86. The zero-order chi connectivity index (χ0) is 16.7. The number of benzene rings is 2. The highest BCUT2D eigenvalue weighted by Crippen LogP contribution is 2.46. The highest BCUT2D eigenvalue weighted by molar-refractivity contribution is 7.10. The molecule has 120 valence electrons. The fraction of sp³-hybridized carbons (Fsp3) is 0.158. The van der Waals surface area contributed by atoms with Gasteiger partial charge in [0, 0.05) is 10.4 Å². The van der Waals surface area contributed by atoms with Gasteiger partial charge >= 0.3 is 5.97 Å². The second-order valence-corrected chi connectivity index (χ2v) is 7.35. The molecule has 1 N–H and O–H groups in total. The fourth-order valence-corrected chi connectivity index (χ4v) is 4.68. The molecule has 5 heteroatoms. The topological polar surface area (TPSA) is 50.2 Å². The first kappa shape index (κ1) is 15.4. The van der Waals surface area contributed by atoms with Crippen LogP contribution in [0.4, 0.5) is 0 Å². The van der Waals surface area contributed by atoms with Gasteiger partial charge in [0.1, 0.15) is 5.01 Å². The third-order valence-electron chi connectivity index (χ3n) is 4.61. The first-order chi connectivity index (χ1) is 11.6. The standard InChI is InChI=1S/C19H14ClNO2S/c20-15-7-3-6-14(8-15)19(18-21-16(11-24-18)17(22)23)9-12-4-1-2-5-13(12)10-19/h1-8,11H,9-10H2,(H,22,23). The Kier molecular flexibility index (Phi) is 3.66. The summed E-state index contributed by atoms with van der Waals surface area (Å²) in [6.07, 6.45) is 1.60. The van der Waals surface area contributed by atoms with E-state index >= 15 is 0 Å². The molecule has 1 aromatic heterocycles. The number of fused-ring (bicyclic) bond motifs is 1. The van der Waals surface area contributed by atoms with Crippen LogP contribution >= 0.6 is 22.9 Å². The molecule has 0 atom stereocenters. The number of aromatic carboxylic acids is 1. The van der Waals surface area contributed by atoms with E-state index in [0.29, 0.717) is 5.02 Å². The molecule has 0 fully saturated rings. The first-order valence-electron chi connectivity index (χ1n) is 7.61. The number of hydrogen-bond acceptors (Lipinski definition) is 3. The summed E-state index contributed by atoms with van der Waals surface area (Å²) in [5, 5.41) is 12.4. The Labute approximate surface area is 148 Å². The summed E-state index contributed by atoms with van der Waals surface area (Å²) >= 11 is 7.64. The van der Waals surface area contributed by atoms with Crippen molar-refractivity contribution in [3.8, 4) is 0 Å². The van der Waals surface area contributed by atoms with E-state index in [2.05, 4.69) is 23.2 Å². The highest BCUT2D eigenvalue weighted by Gasteiger charge is 2.43. The molecule has 0 amide bonds. The molecule has 0 spiro atoms. The van der Waals surface area contributed by atoms with Gasteiger partial charge in [0.2, 0.25) is 0 Å². The summed E-state index contributed by atoms with van der Waals surface area (Å²) < 4.78 is 0. The van der Waals surface area contributed by atoms with Crippen LogP contribution in [-0.2, 0) is 18.3 Å². The number of halogens is 1. The predicted octanol–water partition coefficient (Wildman–Crippen LogP) is 4.58. The summed E-state index contributed by atoms with van der Waals surface area (Å²) in [7, 11) is 0. The monoisotopic (exact) mass is 355 g/mol. The Morgan fingerprint density at radius 3 is 2.42 bits per heavy atom. The normalized spacial score (nSPS) is 15.2. The van der Waals surface area contributed by atoms with E-state index in [1.807, 2.05) is 30.3 Å². The average Bonchev–Trinajstić information content (AvgIpc) is 3.20. The van der Waals surface area contributed by atoms with Crippen LogP contribution in [-0.4, -0.2) is 16.1 Å². The Morgan fingerprint density at radius 1 is 1.12 bits per heavy atom. The van der Waals surface area contributed by atoms with Gasteiger partial charge < -0.3 is 5.11 Å². The fourth-order valence-electron chi connectivity index (χ4n) is 3.47. The molecular weight excluding hydrogens is 342 g/mol. The lowest BCUT2D eigenvalue weighted by molar-refractivity contribution is 0.0691. The van der Waals surface area contributed by atoms with Crippen molar-refractivity contribution < 1.29 is 9.90 Å². The SMILES string of the molecule is O=C(O)c1csc(C2(c3cccc(Cl)c3)Cc3ccccc3C2)n1. The predicted molar refractivity (Wildman–Crippen MR) is 95.2 cm³/mol. The highest BCUT2D eigenvalue weighted by atomic mass is 35.5. The van der Waals surface area contributed by atoms with Crippen molar-refractivity contribution in [3.63, 3.8) is 0 Å². The van der Waals surface area contributed by atoms with E-state index in [0.717, 1.165) is 23.4 Å². The lowest BCUT2D eigenvalue weighted by atomic mass is 9.78. The minimum absolute atomic E-state index is 0.104. The van der Waals surface area contributed by atoms with E-state index in [9.17, 15) is 9.90 Å². The molecule has 0 saturated heterocycles. The molecule has 0 saturated carbocycles. The van der Waals surface area contributed by atoms with Gasteiger partial charge in [-0.2, -0.15) is 0 Å². The largest absolute Gasteiger partial charge is 0.476 e. The van der Waals surface area contributed by atoms with Gasteiger partial charge in [0.05, 0.1) is 5.41 Å². The van der Waals surface area contributed by atoms with E-state index < -0.39 is 5.97 Å². The third-order valence-corrected chi connectivity index (χ3v) is 5.89.